The first kappa shape index (κ1) is 18.6. The molecule has 28 heavy (non-hydrogen) atoms. The number of hydrogen-bond donors (Lipinski definition) is 1. The minimum atomic E-state index is 0.297. The summed E-state index contributed by atoms with van der Waals surface area (Å²) in [5.41, 5.74) is 0. The van der Waals surface area contributed by atoms with Crippen LogP contribution in [0.3, 0.4) is 0 Å². The lowest BCUT2D eigenvalue weighted by molar-refractivity contribution is -0.128. The molecule has 154 valence electrons. The zero-order valence-corrected chi connectivity index (χ0v) is 17.0. The molecule has 1 saturated carbocycles. The van der Waals surface area contributed by atoms with E-state index in [-0.39, 0.29) is 0 Å². The molecule has 3 saturated heterocycles. The van der Waals surface area contributed by atoms with E-state index in [1.165, 1.54) is 51.7 Å². The Kier molecular flexibility index (Phi) is 5.42. The average molecular weight is 386 g/mol. The van der Waals surface area contributed by atoms with Gasteiger partial charge in [-0.25, -0.2) is 0 Å². The molecule has 2 bridgehead atoms. The molecule has 1 aliphatic carbocycles. The van der Waals surface area contributed by atoms with Gasteiger partial charge >= 0.3 is 0 Å². The summed E-state index contributed by atoms with van der Waals surface area (Å²) in [6, 6.07) is 3.26. The fourth-order valence-corrected chi connectivity index (χ4v) is 6.16. The van der Waals surface area contributed by atoms with E-state index in [4.69, 9.17) is 0 Å². The molecular formula is C22H35N5O. The summed E-state index contributed by atoms with van der Waals surface area (Å²) in [6.07, 6.45) is 12.7. The van der Waals surface area contributed by atoms with Gasteiger partial charge in [0.1, 0.15) is 0 Å². The normalized spacial score (nSPS) is 33.9. The fraction of sp³-hybridized carbons (Fsp3) is 0.818. The minimum Gasteiger partial charge on any atom is -0.354 e. The zero-order chi connectivity index (χ0) is 18.9. The number of aromatic nitrogens is 2. The first-order valence-corrected chi connectivity index (χ1v) is 11.5. The van der Waals surface area contributed by atoms with Crippen LogP contribution >= 0.6 is 0 Å². The fourth-order valence-electron chi connectivity index (χ4n) is 6.16. The number of fused-ring (bicyclic) bond motifs is 4. The van der Waals surface area contributed by atoms with Crippen LogP contribution in [0.25, 0.3) is 0 Å². The zero-order valence-electron chi connectivity index (χ0n) is 17.0. The van der Waals surface area contributed by atoms with E-state index >= 15 is 0 Å². The Hall–Kier alpha value is -1.40. The molecule has 4 heterocycles. The molecule has 3 aliphatic heterocycles. The van der Waals surface area contributed by atoms with Gasteiger partial charge < -0.3 is 10.2 Å². The number of likely N-dealkylation sites (tertiary alicyclic amines) is 1. The van der Waals surface area contributed by atoms with Crippen molar-refractivity contribution in [1.29, 1.82) is 0 Å². The van der Waals surface area contributed by atoms with Gasteiger partial charge in [0.05, 0.1) is 6.54 Å². The topological polar surface area (TPSA) is 53.4 Å². The summed E-state index contributed by atoms with van der Waals surface area (Å²) in [7, 11) is 0. The molecule has 1 N–H and O–H groups in total. The van der Waals surface area contributed by atoms with Gasteiger partial charge in [0.15, 0.2) is 0 Å². The van der Waals surface area contributed by atoms with Gasteiger partial charge in [-0.2, -0.15) is 5.10 Å². The van der Waals surface area contributed by atoms with Gasteiger partial charge in [-0.3, -0.25) is 14.4 Å². The maximum absolute atomic E-state index is 12.4. The molecule has 0 aromatic carbocycles. The molecule has 6 nitrogen and oxygen atoms in total. The molecule has 0 spiro atoms. The van der Waals surface area contributed by atoms with Crippen molar-refractivity contribution in [3.05, 3.63) is 18.5 Å². The Morgan fingerprint density at radius 3 is 2.75 bits per heavy atom. The predicted molar refractivity (Wildman–Crippen MR) is 109 cm³/mol. The quantitative estimate of drug-likeness (QED) is 0.814. The number of nitrogens with zero attached hydrogens (tertiary/aromatic N) is 4. The molecule has 0 radical (unpaired) electrons. The van der Waals surface area contributed by atoms with Crippen LogP contribution in [0.5, 0.6) is 0 Å². The molecule has 6 heteroatoms. The lowest BCUT2D eigenvalue weighted by atomic mass is 9.72. The lowest BCUT2D eigenvalue weighted by Gasteiger charge is -2.57. The molecule has 4 fully saturated rings. The van der Waals surface area contributed by atoms with Crippen molar-refractivity contribution in [2.45, 2.75) is 63.6 Å². The molecule has 1 aromatic heterocycles. The van der Waals surface area contributed by atoms with E-state index < -0.39 is 0 Å². The van der Waals surface area contributed by atoms with Crippen molar-refractivity contribution in [3.8, 4) is 0 Å². The molecule has 4 aliphatic rings. The molecular weight excluding hydrogens is 350 g/mol. The summed E-state index contributed by atoms with van der Waals surface area (Å²) in [5.74, 6) is 2.10. The largest absolute Gasteiger partial charge is 0.354 e. The highest BCUT2D eigenvalue weighted by Crippen LogP contribution is 2.41. The van der Waals surface area contributed by atoms with E-state index in [0.29, 0.717) is 23.8 Å². The van der Waals surface area contributed by atoms with Crippen molar-refractivity contribution in [2.75, 3.05) is 32.7 Å². The number of carbonyl (C=O) groups excluding carboxylic acids is 1. The summed E-state index contributed by atoms with van der Waals surface area (Å²) >= 11 is 0. The van der Waals surface area contributed by atoms with Crippen LogP contribution in [0.4, 0.5) is 0 Å². The van der Waals surface area contributed by atoms with Gasteiger partial charge in [0.2, 0.25) is 5.91 Å². The van der Waals surface area contributed by atoms with E-state index in [2.05, 4.69) is 26.4 Å². The van der Waals surface area contributed by atoms with Gasteiger partial charge in [0, 0.05) is 56.6 Å². The van der Waals surface area contributed by atoms with Gasteiger partial charge in [-0.1, -0.05) is 12.8 Å². The van der Waals surface area contributed by atoms with Crippen molar-refractivity contribution in [1.82, 2.24) is 24.9 Å². The second kappa shape index (κ2) is 8.15. The minimum absolute atomic E-state index is 0.297. The van der Waals surface area contributed by atoms with Crippen LogP contribution < -0.4 is 5.32 Å². The Labute approximate surface area is 168 Å². The Morgan fingerprint density at radius 1 is 1.07 bits per heavy atom. The maximum Gasteiger partial charge on any atom is 0.223 e. The van der Waals surface area contributed by atoms with Crippen LogP contribution in [0.15, 0.2) is 18.5 Å². The third kappa shape index (κ3) is 3.73. The number of hydrogen-bond acceptors (Lipinski definition) is 4. The Morgan fingerprint density at radius 2 is 1.96 bits per heavy atom. The number of rotatable bonds is 6. The van der Waals surface area contributed by atoms with Crippen LogP contribution in [-0.4, -0.2) is 70.3 Å². The molecule has 1 amide bonds. The number of carbonyl (C=O) groups is 1. The predicted octanol–water partition coefficient (Wildman–Crippen LogP) is 1.97. The molecule has 5 rings (SSSR count). The number of amides is 1. The van der Waals surface area contributed by atoms with Crippen LogP contribution in [0, 0.1) is 17.8 Å². The summed E-state index contributed by atoms with van der Waals surface area (Å²) in [5, 5.41) is 7.71. The van der Waals surface area contributed by atoms with Crippen LogP contribution in [0.1, 0.15) is 44.9 Å². The standard InChI is InChI=1S/C22H35N5O/c28-22(17-5-3-6-17)23-14-21-19-13-18(20-7-1-2-10-27(20)21)15-25(16-19)11-12-26-9-4-8-24-26/h4,8-9,17-21H,1-3,5-7,10-16H2,(H,23,28)/t18-,19-,20-,21-/m0/s1. The summed E-state index contributed by atoms with van der Waals surface area (Å²) < 4.78 is 2.05. The Balaban J connectivity index is 1.24. The monoisotopic (exact) mass is 385 g/mol. The average Bonchev–Trinajstić information content (AvgIpc) is 3.18. The SMILES string of the molecule is O=C(NC[C@H]1[C@H]2C[C@@H](CN(CCn3cccn3)C2)[C@@H]2CCCCN21)C1CCC1. The third-order valence-electron chi connectivity index (χ3n) is 7.86. The van der Waals surface area contributed by atoms with Gasteiger partial charge in [0.25, 0.3) is 0 Å². The molecule has 1 aromatic rings. The van der Waals surface area contributed by atoms with E-state index in [1.54, 1.807) is 0 Å². The highest BCUT2D eigenvalue weighted by molar-refractivity contribution is 5.79. The van der Waals surface area contributed by atoms with E-state index in [0.717, 1.165) is 44.4 Å². The van der Waals surface area contributed by atoms with Crippen LogP contribution in [-0.2, 0) is 11.3 Å². The number of nitrogens with one attached hydrogen (secondary N) is 1. The maximum atomic E-state index is 12.4. The molecule has 0 unspecified atom stereocenters. The summed E-state index contributed by atoms with van der Waals surface area (Å²) in [4.78, 5) is 17.9. The van der Waals surface area contributed by atoms with Crippen molar-refractivity contribution in [2.24, 2.45) is 17.8 Å². The lowest BCUT2D eigenvalue weighted by Crippen LogP contribution is -2.66. The van der Waals surface area contributed by atoms with E-state index in [1.807, 2.05) is 16.9 Å². The van der Waals surface area contributed by atoms with Crippen molar-refractivity contribution >= 4 is 5.91 Å². The first-order chi connectivity index (χ1) is 13.8. The third-order valence-corrected chi connectivity index (χ3v) is 7.86. The summed E-state index contributed by atoms with van der Waals surface area (Å²) in [6.45, 7) is 6.56. The van der Waals surface area contributed by atoms with Crippen molar-refractivity contribution < 1.29 is 4.79 Å². The molecule has 4 atom stereocenters. The second-order valence-corrected chi connectivity index (χ2v) is 9.53. The second-order valence-electron chi connectivity index (χ2n) is 9.53. The Bertz CT molecular complexity index is 658. The number of piperidine rings is 3. The van der Waals surface area contributed by atoms with E-state index in [9.17, 15) is 4.79 Å². The first-order valence-electron chi connectivity index (χ1n) is 11.5. The highest BCUT2D eigenvalue weighted by atomic mass is 16.1. The smallest absolute Gasteiger partial charge is 0.223 e. The van der Waals surface area contributed by atoms with Gasteiger partial charge in [-0.15, -0.1) is 0 Å². The van der Waals surface area contributed by atoms with Gasteiger partial charge in [-0.05, 0) is 56.6 Å². The van der Waals surface area contributed by atoms with Crippen LogP contribution in [0.2, 0.25) is 0 Å². The van der Waals surface area contributed by atoms with Crippen molar-refractivity contribution in [3.63, 3.8) is 0 Å². The highest BCUT2D eigenvalue weighted by Gasteiger charge is 2.47.